The highest BCUT2D eigenvalue weighted by Crippen LogP contribution is 2.26. The fraction of sp³-hybridized carbons (Fsp3) is 0.111. The van der Waals surface area contributed by atoms with Crippen molar-refractivity contribution >= 4 is 34.8 Å². The summed E-state index contributed by atoms with van der Waals surface area (Å²) in [6, 6.07) is 10.5. The quantitative estimate of drug-likeness (QED) is 0.517. The van der Waals surface area contributed by atoms with Gasteiger partial charge in [-0.05, 0) is 24.3 Å². The molecule has 132 valence electrons. The second-order valence-electron chi connectivity index (χ2n) is 5.18. The molecule has 0 unspecified atom stereocenters. The first-order chi connectivity index (χ1) is 12.6. The number of hydrogen-bond acceptors (Lipinski definition) is 6. The lowest BCUT2D eigenvalue weighted by atomic mass is 10.2. The first kappa shape index (κ1) is 18.0. The van der Waals surface area contributed by atoms with Gasteiger partial charge in [0.05, 0.1) is 6.54 Å². The number of carbonyl (C=O) groups excluding carboxylic acids is 2. The number of pyridine rings is 1. The van der Waals surface area contributed by atoms with Crippen molar-refractivity contribution in [2.45, 2.75) is 0 Å². The van der Waals surface area contributed by atoms with Crippen LogP contribution in [-0.2, 0) is 4.74 Å². The van der Waals surface area contributed by atoms with Crippen LogP contribution >= 0.6 is 22.9 Å². The Labute approximate surface area is 158 Å². The summed E-state index contributed by atoms with van der Waals surface area (Å²) in [5.41, 5.74) is 1.56. The van der Waals surface area contributed by atoms with Gasteiger partial charge in [-0.2, -0.15) is 0 Å². The van der Waals surface area contributed by atoms with Crippen LogP contribution in [-0.4, -0.2) is 35.0 Å². The topological polar surface area (TPSA) is 81.2 Å². The number of benzene rings is 1. The zero-order valence-electron chi connectivity index (χ0n) is 13.5. The summed E-state index contributed by atoms with van der Waals surface area (Å²) in [6.07, 6.45) is 3.07. The summed E-state index contributed by atoms with van der Waals surface area (Å²) in [7, 11) is 0. The van der Waals surface area contributed by atoms with E-state index in [1.165, 1.54) is 23.7 Å². The molecule has 0 bridgehead atoms. The van der Waals surface area contributed by atoms with Gasteiger partial charge in [-0.15, -0.1) is 11.3 Å². The molecule has 26 heavy (non-hydrogen) atoms. The van der Waals surface area contributed by atoms with E-state index in [1.807, 2.05) is 12.1 Å². The summed E-state index contributed by atoms with van der Waals surface area (Å²) in [5, 5.41) is 5.59. The number of nitrogens with zero attached hydrogens (tertiary/aromatic N) is 2. The molecule has 1 aromatic carbocycles. The molecule has 3 rings (SSSR count). The van der Waals surface area contributed by atoms with Gasteiger partial charge in [0.2, 0.25) is 0 Å². The molecular formula is C18H14ClN3O3S. The third-order valence-corrected chi connectivity index (χ3v) is 4.47. The number of thiazole rings is 1. The van der Waals surface area contributed by atoms with Gasteiger partial charge in [0.25, 0.3) is 5.91 Å². The van der Waals surface area contributed by atoms with E-state index in [4.69, 9.17) is 16.3 Å². The van der Waals surface area contributed by atoms with Crippen molar-refractivity contribution in [2.75, 3.05) is 13.2 Å². The van der Waals surface area contributed by atoms with Gasteiger partial charge in [0.15, 0.2) is 5.69 Å². The monoisotopic (exact) mass is 387 g/mol. The number of hydrogen-bond donors (Lipinski definition) is 1. The molecule has 6 nitrogen and oxygen atoms in total. The summed E-state index contributed by atoms with van der Waals surface area (Å²) < 4.78 is 5.14. The molecule has 0 aliphatic rings. The van der Waals surface area contributed by atoms with Crippen LogP contribution in [0.4, 0.5) is 0 Å². The van der Waals surface area contributed by atoms with Crippen LogP contribution in [0.2, 0.25) is 5.02 Å². The Hall–Kier alpha value is -2.77. The Morgan fingerprint density at radius 3 is 2.77 bits per heavy atom. The minimum atomic E-state index is -0.535. The summed E-state index contributed by atoms with van der Waals surface area (Å²) in [6.45, 7) is 0.262. The first-order valence-corrected chi connectivity index (χ1v) is 8.96. The van der Waals surface area contributed by atoms with Gasteiger partial charge in [-0.1, -0.05) is 23.7 Å². The van der Waals surface area contributed by atoms with E-state index in [1.54, 1.807) is 29.6 Å². The van der Waals surface area contributed by atoms with Gasteiger partial charge < -0.3 is 10.1 Å². The summed E-state index contributed by atoms with van der Waals surface area (Å²) in [4.78, 5) is 32.0. The van der Waals surface area contributed by atoms with Gasteiger partial charge in [-0.3, -0.25) is 9.78 Å². The molecular weight excluding hydrogens is 374 g/mol. The molecule has 1 N–H and O–H groups in total. The van der Waals surface area contributed by atoms with Crippen molar-refractivity contribution in [1.82, 2.24) is 15.3 Å². The third-order valence-electron chi connectivity index (χ3n) is 3.35. The Bertz CT molecular complexity index is 915. The molecule has 0 aliphatic carbocycles. The number of ether oxygens (including phenoxy) is 1. The molecule has 0 saturated heterocycles. The largest absolute Gasteiger partial charge is 0.459 e. The second-order valence-corrected chi connectivity index (χ2v) is 6.47. The molecule has 1 amide bonds. The van der Waals surface area contributed by atoms with Crippen molar-refractivity contribution in [3.63, 3.8) is 0 Å². The van der Waals surface area contributed by atoms with Crippen molar-refractivity contribution < 1.29 is 14.3 Å². The molecule has 0 fully saturated rings. The van der Waals surface area contributed by atoms with E-state index < -0.39 is 5.97 Å². The number of halogens is 1. The number of esters is 1. The lowest BCUT2D eigenvalue weighted by Crippen LogP contribution is -2.28. The van der Waals surface area contributed by atoms with E-state index in [9.17, 15) is 9.59 Å². The third kappa shape index (κ3) is 4.65. The molecule has 0 spiro atoms. The minimum absolute atomic E-state index is 0.0552. The number of nitrogens with one attached hydrogen (secondary N) is 1. The van der Waals surface area contributed by atoms with Crippen LogP contribution in [0, 0.1) is 0 Å². The predicted molar refractivity (Wildman–Crippen MR) is 99.4 cm³/mol. The number of amides is 1. The highest BCUT2D eigenvalue weighted by molar-refractivity contribution is 7.13. The lowest BCUT2D eigenvalue weighted by Gasteiger charge is -2.05. The zero-order valence-corrected chi connectivity index (χ0v) is 15.1. The van der Waals surface area contributed by atoms with Crippen molar-refractivity contribution in [3.05, 3.63) is 70.5 Å². The highest BCUT2D eigenvalue weighted by atomic mass is 35.5. The average Bonchev–Trinajstić information content (AvgIpc) is 3.16. The Balaban J connectivity index is 1.49. The molecule has 0 atom stereocenters. The van der Waals surface area contributed by atoms with E-state index in [0.717, 1.165) is 5.56 Å². The maximum absolute atomic E-state index is 12.0. The van der Waals surface area contributed by atoms with Gasteiger partial charge in [0.1, 0.15) is 11.6 Å². The van der Waals surface area contributed by atoms with E-state index in [0.29, 0.717) is 15.6 Å². The van der Waals surface area contributed by atoms with Crippen LogP contribution in [0.1, 0.15) is 20.8 Å². The van der Waals surface area contributed by atoms with Crippen LogP contribution in [0.5, 0.6) is 0 Å². The number of carbonyl (C=O) groups is 2. The average molecular weight is 388 g/mol. The van der Waals surface area contributed by atoms with Gasteiger partial charge in [0, 0.05) is 33.9 Å². The molecule has 3 aromatic rings. The highest BCUT2D eigenvalue weighted by Gasteiger charge is 2.13. The number of rotatable bonds is 6. The van der Waals surface area contributed by atoms with Gasteiger partial charge in [-0.25, -0.2) is 9.78 Å². The Morgan fingerprint density at radius 1 is 1.19 bits per heavy atom. The fourth-order valence-corrected chi connectivity index (χ4v) is 3.09. The molecule has 2 aromatic heterocycles. The van der Waals surface area contributed by atoms with Crippen LogP contribution < -0.4 is 5.32 Å². The normalized spacial score (nSPS) is 10.3. The molecule has 8 heteroatoms. The molecule has 2 heterocycles. The molecule has 0 saturated carbocycles. The minimum Gasteiger partial charge on any atom is -0.459 e. The smallest absolute Gasteiger partial charge is 0.357 e. The van der Waals surface area contributed by atoms with Crippen molar-refractivity contribution in [2.24, 2.45) is 0 Å². The Kier molecular flexibility index (Phi) is 5.93. The van der Waals surface area contributed by atoms with Crippen LogP contribution in [0.15, 0.2) is 54.2 Å². The maximum atomic E-state index is 12.0. The molecule has 0 radical (unpaired) electrons. The first-order valence-electron chi connectivity index (χ1n) is 7.70. The van der Waals surface area contributed by atoms with Crippen LogP contribution in [0.25, 0.3) is 10.6 Å². The van der Waals surface area contributed by atoms with Crippen LogP contribution in [0.3, 0.4) is 0 Å². The lowest BCUT2D eigenvalue weighted by molar-refractivity contribution is 0.0497. The molecule has 0 aliphatic heterocycles. The Morgan fingerprint density at radius 2 is 2.00 bits per heavy atom. The SMILES string of the molecule is O=C(NCCOC(=O)c1csc(-c2cccc(Cl)c2)n1)c1ccncc1. The van der Waals surface area contributed by atoms with Crippen molar-refractivity contribution in [3.8, 4) is 10.6 Å². The van der Waals surface area contributed by atoms with E-state index in [2.05, 4.69) is 15.3 Å². The predicted octanol–water partition coefficient (Wildman–Crippen LogP) is 3.45. The van der Waals surface area contributed by atoms with E-state index in [-0.39, 0.29) is 24.8 Å². The maximum Gasteiger partial charge on any atom is 0.357 e. The second kappa shape index (κ2) is 8.55. The fourth-order valence-electron chi connectivity index (χ4n) is 2.11. The van der Waals surface area contributed by atoms with Gasteiger partial charge >= 0.3 is 5.97 Å². The summed E-state index contributed by atoms with van der Waals surface area (Å²) >= 11 is 7.30. The van der Waals surface area contributed by atoms with E-state index >= 15 is 0 Å². The summed E-state index contributed by atoms with van der Waals surface area (Å²) in [5.74, 6) is -0.784. The number of aromatic nitrogens is 2. The zero-order chi connectivity index (χ0) is 18.4. The van der Waals surface area contributed by atoms with Crippen molar-refractivity contribution in [1.29, 1.82) is 0 Å². The standard InChI is InChI=1S/C18H14ClN3O3S/c19-14-3-1-2-13(10-14)17-22-15(11-26-17)18(24)25-9-8-21-16(23)12-4-6-20-7-5-12/h1-7,10-11H,8-9H2,(H,21,23).